The first kappa shape index (κ1) is 16.6. The minimum absolute atomic E-state index is 0.0924. The average Bonchev–Trinajstić information content (AvgIpc) is 2.59. The predicted molar refractivity (Wildman–Crippen MR) is 87.9 cm³/mol. The molecule has 0 saturated carbocycles. The molecule has 7 heteroatoms. The van der Waals surface area contributed by atoms with Gasteiger partial charge in [-0.05, 0) is 31.4 Å². The maximum absolute atomic E-state index is 13.9. The van der Waals surface area contributed by atoms with E-state index in [1.807, 2.05) is 4.90 Å². The Kier molecular flexibility index (Phi) is 4.89. The number of aryl methyl sites for hydroxylation is 1. The van der Waals surface area contributed by atoms with E-state index in [4.69, 9.17) is 0 Å². The molecule has 0 radical (unpaired) electrons. The van der Waals surface area contributed by atoms with Gasteiger partial charge in [0.1, 0.15) is 5.82 Å². The van der Waals surface area contributed by atoms with Crippen LogP contribution in [0.3, 0.4) is 0 Å². The molecular formula is C17H20F2N4O. The summed E-state index contributed by atoms with van der Waals surface area (Å²) >= 11 is 0. The lowest BCUT2D eigenvalue weighted by atomic mass is 10.1. The molecule has 5 nitrogen and oxygen atoms in total. The van der Waals surface area contributed by atoms with E-state index in [0.29, 0.717) is 18.3 Å². The molecule has 1 fully saturated rings. The van der Waals surface area contributed by atoms with Gasteiger partial charge in [-0.3, -0.25) is 0 Å². The van der Waals surface area contributed by atoms with Crippen LogP contribution in [0.4, 0.5) is 20.5 Å². The molecule has 1 aromatic heterocycles. The van der Waals surface area contributed by atoms with Crippen LogP contribution < -0.4 is 10.2 Å². The number of aromatic nitrogens is 2. The number of β-amino-alcohol motifs (C(OH)–C–C–N with tert-alkyl or cyclic N) is 1. The molecule has 1 atom stereocenters. The largest absolute Gasteiger partial charge is 0.391 e. The van der Waals surface area contributed by atoms with Crippen LogP contribution >= 0.6 is 0 Å². The van der Waals surface area contributed by atoms with Crippen molar-refractivity contribution in [3.8, 4) is 0 Å². The highest BCUT2D eigenvalue weighted by molar-refractivity contribution is 5.43. The van der Waals surface area contributed by atoms with Gasteiger partial charge in [-0.15, -0.1) is 0 Å². The minimum atomic E-state index is -0.849. The smallest absolute Gasteiger partial charge is 0.224 e. The summed E-state index contributed by atoms with van der Waals surface area (Å²) in [5, 5.41) is 12.7. The van der Waals surface area contributed by atoms with E-state index in [9.17, 15) is 13.9 Å². The van der Waals surface area contributed by atoms with Crippen molar-refractivity contribution in [2.45, 2.75) is 32.4 Å². The number of aliphatic hydroxyl groups is 1. The highest BCUT2D eigenvalue weighted by Gasteiger charge is 2.19. The predicted octanol–water partition coefficient (Wildman–Crippen LogP) is 2.64. The summed E-state index contributed by atoms with van der Waals surface area (Å²) in [4.78, 5) is 10.5. The number of hydrogen-bond acceptors (Lipinski definition) is 5. The lowest BCUT2D eigenvalue weighted by molar-refractivity contribution is 0.154. The number of nitrogens with zero attached hydrogens (tertiary/aromatic N) is 3. The number of anilines is 2. The maximum Gasteiger partial charge on any atom is 0.224 e. The van der Waals surface area contributed by atoms with Crippen LogP contribution in [-0.4, -0.2) is 34.3 Å². The van der Waals surface area contributed by atoms with Gasteiger partial charge in [0.15, 0.2) is 11.6 Å². The number of hydrogen-bond donors (Lipinski definition) is 2. The minimum Gasteiger partial charge on any atom is -0.391 e. The van der Waals surface area contributed by atoms with Crippen LogP contribution in [-0.2, 0) is 6.54 Å². The van der Waals surface area contributed by atoms with Crippen molar-refractivity contribution < 1.29 is 13.9 Å². The van der Waals surface area contributed by atoms with Gasteiger partial charge in [0.25, 0.3) is 0 Å². The van der Waals surface area contributed by atoms with E-state index < -0.39 is 11.6 Å². The lowest BCUT2D eigenvalue weighted by Gasteiger charge is -2.31. The second-order valence-electron chi connectivity index (χ2n) is 6.00. The summed E-state index contributed by atoms with van der Waals surface area (Å²) in [6.07, 6.45) is 2.96. The average molecular weight is 334 g/mol. The summed E-state index contributed by atoms with van der Waals surface area (Å²) in [6.45, 7) is 2.98. The highest BCUT2D eigenvalue weighted by atomic mass is 19.2. The molecule has 2 aromatic rings. The molecule has 3 rings (SSSR count). The molecule has 0 spiro atoms. The number of nitrogens with one attached hydrogen (secondary N) is 1. The number of rotatable bonds is 4. The zero-order chi connectivity index (χ0) is 17.1. The first-order valence-corrected chi connectivity index (χ1v) is 7.98. The van der Waals surface area contributed by atoms with E-state index >= 15 is 0 Å². The van der Waals surface area contributed by atoms with Crippen molar-refractivity contribution in [2.24, 2.45) is 0 Å². The topological polar surface area (TPSA) is 61.3 Å². The molecule has 0 unspecified atom stereocenters. The SMILES string of the molecule is Cc1ccc(CNc2nccc(N3CCC[C@@H](O)C3)n2)c(F)c1F. The van der Waals surface area contributed by atoms with Gasteiger partial charge >= 0.3 is 0 Å². The third kappa shape index (κ3) is 3.62. The molecule has 24 heavy (non-hydrogen) atoms. The van der Waals surface area contributed by atoms with E-state index in [1.165, 1.54) is 6.92 Å². The van der Waals surface area contributed by atoms with Gasteiger partial charge in [-0.2, -0.15) is 4.98 Å². The number of aliphatic hydroxyl groups excluding tert-OH is 1. The number of benzene rings is 1. The molecule has 2 heterocycles. The fourth-order valence-electron chi connectivity index (χ4n) is 2.77. The molecule has 0 amide bonds. The molecule has 0 bridgehead atoms. The Bertz CT molecular complexity index is 726. The first-order valence-electron chi connectivity index (χ1n) is 7.98. The van der Waals surface area contributed by atoms with Crippen LogP contribution in [0.1, 0.15) is 24.0 Å². The molecule has 128 valence electrons. The van der Waals surface area contributed by atoms with Crippen LogP contribution in [0.5, 0.6) is 0 Å². The van der Waals surface area contributed by atoms with Crippen molar-refractivity contribution >= 4 is 11.8 Å². The van der Waals surface area contributed by atoms with Crippen LogP contribution in [0.15, 0.2) is 24.4 Å². The maximum atomic E-state index is 13.9. The monoisotopic (exact) mass is 334 g/mol. The zero-order valence-corrected chi connectivity index (χ0v) is 13.5. The molecule has 1 saturated heterocycles. The van der Waals surface area contributed by atoms with Crippen LogP contribution in [0.2, 0.25) is 0 Å². The fourth-order valence-corrected chi connectivity index (χ4v) is 2.77. The molecule has 0 aliphatic carbocycles. The normalized spacial score (nSPS) is 17.8. The summed E-state index contributed by atoms with van der Waals surface area (Å²) in [5.74, 6) is -0.626. The summed E-state index contributed by atoms with van der Waals surface area (Å²) in [5.41, 5.74) is 0.499. The third-order valence-electron chi connectivity index (χ3n) is 4.15. The van der Waals surface area contributed by atoms with Gasteiger partial charge in [0.05, 0.1) is 6.10 Å². The van der Waals surface area contributed by atoms with Crippen molar-refractivity contribution in [2.75, 3.05) is 23.3 Å². The van der Waals surface area contributed by atoms with Crippen molar-refractivity contribution in [3.63, 3.8) is 0 Å². The molecule has 1 aromatic carbocycles. The first-order chi connectivity index (χ1) is 11.5. The van der Waals surface area contributed by atoms with Crippen molar-refractivity contribution in [3.05, 3.63) is 47.2 Å². The Morgan fingerprint density at radius 3 is 2.92 bits per heavy atom. The Hall–Kier alpha value is -2.28. The zero-order valence-electron chi connectivity index (χ0n) is 13.5. The van der Waals surface area contributed by atoms with Crippen molar-refractivity contribution in [1.29, 1.82) is 0 Å². The molecular weight excluding hydrogens is 314 g/mol. The Labute approximate surface area is 139 Å². The van der Waals surface area contributed by atoms with Crippen LogP contribution in [0, 0.1) is 18.6 Å². The van der Waals surface area contributed by atoms with Crippen molar-refractivity contribution in [1.82, 2.24) is 9.97 Å². The van der Waals surface area contributed by atoms with E-state index in [-0.39, 0.29) is 23.8 Å². The van der Waals surface area contributed by atoms with Gasteiger partial charge in [0.2, 0.25) is 5.95 Å². The summed E-state index contributed by atoms with van der Waals surface area (Å²) in [7, 11) is 0. The lowest BCUT2D eigenvalue weighted by Crippen LogP contribution is -2.38. The second kappa shape index (κ2) is 7.09. The quantitative estimate of drug-likeness (QED) is 0.900. The van der Waals surface area contributed by atoms with Gasteiger partial charge in [0, 0.05) is 31.4 Å². The molecule has 1 aliphatic heterocycles. The van der Waals surface area contributed by atoms with E-state index in [0.717, 1.165) is 19.4 Å². The van der Waals surface area contributed by atoms with E-state index in [1.54, 1.807) is 24.4 Å². The highest BCUT2D eigenvalue weighted by Crippen LogP contribution is 2.20. The summed E-state index contributed by atoms with van der Waals surface area (Å²) in [6, 6.07) is 4.86. The summed E-state index contributed by atoms with van der Waals surface area (Å²) < 4.78 is 27.5. The van der Waals surface area contributed by atoms with Gasteiger partial charge in [-0.25, -0.2) is 13.8 Å². The standard InChI is InChI=1S/C17H20F2N4O/c1-11-4-5-12(16(19)15(11)18)9-21-17-20-7-6-14(22-17)23-8-2-3-13(24)10-23/h4-7,13,24H,2-3,8-10H2,1H3,(H,20,21,22)/t13-/m1/s1. The third-order valence-corrected chi connectivity index (χ3v) is 4.15. The Morgan fingerprint density at radius 2 is 2.12 bits per heavy atom. The Morgan fingerprint density at radius 1 is 1.29 bits per heavy atom. The Balaban J connectivity index is 1.70. The van der Waals surface area contributed by atoms with Crippen LogP contribution in [0.25, 0.3) is 0 Å². The van der Waals surface area contributed by atoms with Gasteiger partial charge < -0.3 is 15.3 Å². The van der Waals surface area contributed by atoms with E-state index in [2.05, 4.69) is 15.3 Å². The molecule has 2 N–H and O–H groups in total. The van der Waals surface area contributed by atoms with Gasteiger partial charge in [-0.1, -0.05) is 12.1 Å². The number of piperidine rings is 1. The number of halogens is 2. The molecule has 1 aliphatic rings. The fraction of sp³-hybridized carbons (Fsp3) is 0.412. The second-order valence-corrected chi connectivity index (χ2v) is 6.00.